The molecule has 6 heteroatoms. The molecular formula is C26H36N4O2. The van der Waals surface area contributed by atoms with Gasteiger partial charge in [0.2, 0.25) is 0 Å². The molecule has 0 spiro atoms. The molecule has 0 aromatic heterocycles. The van der Waals surface area contributed by atoms with E-state index in [0.717, 1.165) is 64.0 Å². The molecule has 2 aromatic rings. The SMILES string of the molecule is CN=C(NCc1cccc(CN2CCOC(C)C2)c1)N1CCC(c2ccc(OC)cc2)C1. The van der Waals surface area contributed by atoms with Crippen LogP contribution in [0.4, 0.5) is 0 Å². The van der Waals surface area contributed by atoms with Crippen LogP contribution < -0.4 is 10.1 Å². The Morgan fingerprint density at radius 2 is 1.94 bits per heavy atom. The predicted molar refractivity (Wildman–Crippen MR) is 129 cm³/mol. The lowest BCUT2D eigenvalue weighted by Crippen LogP contribution is -2.40. The third-order valence-electron chi connectivity index (χ3n) is 6.46. The lowest BCUT2D eigenvalue weighted by molar-refractivity contribution is -0.0212. The minimum absolute atomic E-state index is 0.319. The van der Waals surface area contributed by atoms with Gasteiger partial charge in [0.05, 0.1) is 19.8 Å². The van der Waals surface area contributed by atoms with Crippen molar-refractivity contribution in [1.29, 1.82) is 0 Å². The summed E-state index contributed by atoms with van der Waals surface area (Å²) in [7, 11) is 3.58. The van der Waals surface area contributed by atoms with Crippen LogP contribution in [-0.2, 0) is 17.8 Å². The number of hydrogen-bond donors (Lipinski definition) is 1. The number of ether oxygens (including phenoxy) is 2. The summed E-state index contributed by atoms with van der Waals surface area (Å²) < 4.78 is 11.0. The zero-order valence-corrected chi connectivity index (χ0v) is 19.6. The van der Waals surface area contributed by atoms with Gasteiger partial charge in [0.15, 0.2) is 5.96 Å². The smallest absolute Gasteiger partial charge is 0.193 e. The first kappa shape index (κ1) is 22.6. The Hall–Kier alpha value is -2.57. The molecule has 2 aliphatic rings. The van der Waals surface area contributed by atoms with Gasteiger partial charge in [0, 0.05) is 52.2 Å². The van der Waals surface area contributed by atoms with Gasteiger partial charge in [0.1, 0.15) is 5.75 Å². The van der Waals surface area contributed by atoms with Crippen LogP contribution >= 0.6 is 0 Å². The lowest BCUT2D eigenvalue weighted by atomic mass is 9.98. The molecule has 2 aromatic carbocycles. The number of rotatable bonds is 6. The summed E-state index contributed by atoms with van der Waals surface area (Å²) in [5.74, 6) is 2.42. The quantitative estimate of drug-likeness (QED) is 0.555. The van der Waals surface area contributed by atoms with E-state index >= 15 is 0 Å². The summed E-state index contributed by atoms with van der Waals surface area (Å²) in [6.07, 6.45) is 1.46. The molecule has 1 N–H and O–H groups in total. The number of guanidine groups is 1. The molecule has 2 atom stereocenters. The van der Waals surface area contributed by atoms with Gasteiger partial charge < -0.3 is 19.7 Å². The highest BCUT2D eigenvalue weighted by Crippen LogP contribution is 2.28. The highest BCUT2D eigenvalue weighted by Gasteiger charge is 2.26. The first-order chi connectivity index (χ1) is 15.6. The molecule has 0 bridgehead atoms. The molecule has 0 saturated carbocycles. The number of benzene rings is 2. The van der Waals surface area contributed by atoms with Crippen molar-refractivity contribution >= 4 is 5.96 Å². The zero-order valence-electron chi connectivity index (χ0n) is 19.6. The normalized spacial score (nSPS) is 22.2. The zero-order chi connectivity index (χ0) is 22.3. The summed E-state index contributed by atoms with van der Waals surface area (Å²) in [5, 5.41) is 3.58. The fraction of sp³-hybridized carbons (Fsp3) is 0.500. The van der Waals surface area contributed by atoms with Gasteiger partial charge in [0.25, 0.3) is 0 Å². The van der Waals surface area contributed by atoms with Crippen LogP contribution in [0.25, 0.3) is 0 Å². The van der Waals surface area contributed by atoms with Gasteiger partial charge >= 0.3 is 0 Å². The van der Waals surface area contributed by atoms with Crippen molar-refractivity contribution in [1.82, 2.24) is 15.1 Å². The van der Waals surface area contributed by atoms with E-state index in [-0.39, 0.29) is 0 Å². The number of aliphatic imine (C=N–C) groups is 1. The fourth-order valence-corrected chi connectivity index (χ4v) is 4.74. The van der Waals surface area contributed by atoms with Gasteiger partial charge in [-0.3, -0.25) is 9.89 Å². The Morgan fingerprint density at radius 3 is 2.69 bits per heavy atom. The number of morpholine rings is 1. The Bertz CT molecular complexity index is 899. The number of hydrogen-bond acceptors (Lipinski definition) is 4. The van der Waals surface area contributed by atoms with E-state index in [1.54, 1.807) is 7.11 Å². The Morgan fingerprint density at radius 1 is 1.12 bits per heavy atom. The second-order valence-electron chi connectivity index (χ2n) is 8.84. The molecule has 4 rings (SSSR count). The third-order valence-corrected chi connectivity index (χ3v) is 6.46. The van der Waals surface area contributed by atoms with Gasteiger partial charge in [-0.2, -0.15) is 0 Å². The fourth-order valence-electron chi connectivity index (χ4n) is 4.74. The average molecular weight is 437 g/mol. The predicted octanol–water partition coefficient (Wildman–Crippen LogP) is 3.48. The van der Waals surface area contributed by atoms with E-state index in [1.165, 1.54) is 16.7 Å². The van der Waals surface area contributed by atoms with Crippen LogP contribution in [0.1, 0.15) is 36.0 Å². The molecule has 6 nitrogen and oxygen atoms in total. The maximum absolute atomic E-state index is 5.67. The maximum atomic E-state index is 5.67. The van der Waals surface area contributed by atoms with Crippen LogP contribution in [-0.4, -0.2) is 68.8 Å². The average Bonchev–Trinajstić information content (AvgIpc) is 3.30. The maximum Gasteiger partial charge on any atom is 0.193 e. The van der Waals surface area contributed by atoms with Crippen LogP contribution in [0.2, 0.25) is 0 Å². The minimum atomic E-state index is 0.319. The summed E-state index contributed by atoms with van der Waals surface area (Å²) in [6.45, 7) is 8.74. The first-order valence-corrected chi connectivity index (χ1v) is 11.7. The summed E-state index contributed by atoms with van der Waals surface area (Å²) in [6, 6.07) is 17.4. The molecule has 0 aliphatic carbocycles. The van der Waals surface area contributed by atoms with Crippen molar-refractivity contribution in [2.75, 3.05) is 46.9 Å². The standard InChI is InChI=1S/C26H36N4O2/c1-20-17-29(13-14-32-20)18-22-6-4-5-21(15-22)16-28-26(27-2)30-12-11-24(19-30)23-7-9-25(31-3)10-8-23/h4-10,15,20,24H,11-14,16-19H2,1-3H3,(H,27,28). The Labute approximate surface area is 192 Å². The largest absolute Gasteiger partial charge is 0.497 e. The number of likely N-dealkylation sites (tertiary alicyclic amines) is 1. The molecule has 172 valence electrons. The summed E-state index contributed by atoms with van der Waals surface area (Å²) in [5.41, 5.74) is 4.01. The molecule has 32 heavy (non-hydrogen) atoms. The van der Waals surface area contributed by atoms with Crippen molar-refractivity contribution in [2.24, 2.45) is 4.99 Å². The third kappa shape index (κ3) is 5.81. The summed E-state index contributed by atoms with van der Waals surface area (Å²) >= 11 is 0. The molecular weight excluding hydrogens is 400 g/mol. The van der Waals surface area contributed by atoms with Crippen LogP contribution in [0.15, 0.2) is 53.5 Å². The van der Waals surface area contributed by atoms with Gasteiger partial charge in [-0.15, -0.1) is 0 Å². The molecule has 2 fully saturated rings. The van der Waals surface area contributed by atoms with Gasteiger partial charge in [-0.05, 0) is 42.2 Å². The molecule has 0 amide bonds. The number of methoxy groups -OCH3 is 1. The van der Waals surface area contributed by atoms with E-state index < -0.39 is 0 Å². The minimum Gasteiger partial charge on any atom is -0.497 e. The summed E-state index contributed by atoms with van der Waals surface area (Å²) in [4.78, 5) is 9.40. The van der Waals surface area contributed by atoms with E-state index in [0.29, 0.717) is 12.0 Å². The molecule has 2 aliphatic heterocycles. The number of nitrogens with one attached hydrogen (secondary N) is 1. The van der Waals surface area contributed by atoms with E-state index in [9.17, 15) is 0 Å². The topological polar surface area (TPSA) is 49.3 Å². The highest BCUT2D eigenvalue weighted by atomic mass is 16.5. The van der Waals surface area contributed by atoms with Crippen molar-refractivity contribution in [3.63, 3.8) is 0 Å². The Kier molecular flexibility index (Phi) is 7.66. The van der Waals surface area contributed by atoms with Crippen molar-refractivity contribution < 1.29 is 9.47 Å². The van der Waals surface area contributed by atoms with Crippen molar-refractivity contribution in [2.45, 2.75) is 38.5 Å². The van der Waals surface area contributed by atoms with E-state index in [2.05, 4.69) is 75.6 Å². The van der Waals surface area contributed by atoms with Crippen LogP contribution in [0, 0.1) is 0 Å². The van der Waals surface area contributed by atoms with Crippen LogP contribution in [0.5, 0.6) is 5.75 Å². The first-order valence-electron chi connectivity index (χ1n) is 11.7. The molecule has 2 saturated heterocycles. The molecule has 2 heterocycles. The second kappa shape index (κ2) is 10.8. The van der Waals surface area contributed by atoms with Gasteiger partial charge in [-0.1, -0.05) is 36.4 Å². The van der Waals surface area contributed by atoms with E-state index in [4.69, 9.17) is 9.47 Å². The van der Waals surface area contributed by atoms with Crippen LogP contribution in [0.3, 0.4) is 0 Å². The molecule has 2 unspecified atom stereocenters. The Balaban J connectivity index is 1.30. The number of nitrogens with zero attached hydrogens (tertiary/aromatic N) is 3. The molecule has 0 radical (unpaired) electrons. The van der Waals surface area contributed by atoms with E-state index in [1.807, 2.05) is 7.05 Å². The van der Waals surface area contributed by atoms with Crippen molar-refractivity contribution in [3.05, 3.63) is 65.2 Å². The van der Waals surface area contributed by atoms with Gasteiger partial charge in [-0.25, -0.2) is 0 Å². The second-order valence-corrected chi connectivity index (χ2v) is 8.84. The lowest BCUT2D eigenvalue weighted by Gasteiger charge is -2.31. The monoisotopic (exact) mass is 436 g/mol. The van der Waals surface area contributed by atoms with Crippen molar-refractivity contribution in [3.8, 4) is 5.75 Å². The highest BCUT2D eigenvalue weighted by molar-refractivity contribution is 5.80.